The van der Waals surface area contributed by atoms with Crippen molar-refractivity contribution in [1.82, 2.24) is 0 Å². The molecule has 14 heavy (non-hydrogen) atoms. The van der Waals surface area contributed by atoms with Crippen LogP contribution >= 0.6 is 81.5 Å². The normalized spacial score (nSPS) is 10.3. The number of alkyl halides is 6. The van der Waals surface area contributed by atoms with E-state index >= 15 is 0 Å². The molecule has 0 rings (SSSR count). The molecule has 10 heteroatoms. The summed E-state index contributed by atoms with van der Waals surface area (Å²) in [4.78, 5) is 0. The minimum absolute atomic E-state index is 0. The maximum Gasteiger partial charge on any atom is 0.304 e. The molecular weight excluding hydrogens is 346 g/mol. The molecule has 0 aliphatic rings. The van der Waals surface area contributed by atoms with Gasteiger partial charge in [-0.25, -0.2) is 0 Å². The van der Waals surface area contributed by atoms with Gasteiger partial charge in [0.1, 0.15) is 0 Å². The summed E-state index contributed by atoms with van der Waals surface area (Å²) in [5.41, 5.74) is 0. The monoisotopic (exact) mass is 350 g/mol. The lowest BCUT2D eigenvalue weighted by Gasteiger charge is -2.02. The Labute approximate surface area is 114 Å². The second-order valence-electron chi connectivity index (χ2n) is 1.30. The zero-order valence-corrected chi connectivity index (χ0v) is 12.3. The van der Waals surface area contributed by atoms with E-state index in [0.29, 0.717) is 0 Å². The Balaban J connectivity index is -0.0000000625. The summed E-state index contributed by atoms with van der Waals surface area (Å²) < 4.78 is 8.39. The van der Waals surface area contributed by atoms with Crippen LogP contribution in [0, 0.1) is 0 Å². The standard InChI is InChI=1S/C2H3Cl3S.C2H3Cl2FS.2FH/c2*1-6-2(3,4)5;;/h2*1H3;2*1H/p-2. The summed E-state index contributed by atoms with van der Waals surface area (Å²) in [7, 11) is 0. The Morgan fingerprint density at radius 1 is 0.857 bits per heavy atom. The molecule has 0 saturated carbocycles. The van der Waals surface area contributed by atoms with Gasteiger partial charge >= 0.3 is 3.92 Å². The second-order valence-corrected chi connectivity index (χ2v) is 7.93. The molecule has 0 nitrogen and oxygen atoms in total. The zero-order valence-electron chi connectivity index (χ0n) is 6.84. The summed E-state index contributed by atoms with van der Waals surface area (Å²) in [6, 6.07) is 0. The molecule has 0 atom stereocenters. The van der Waals surface area contributed by atoms with Gasteiger partial charge in [-0.1, -0.05) is 69.8 Å². The predicted octanol–water partition coefficient (Wildman–Crippen LogP) is -0.907. The first kappa shape index (κ1) is 25.0. The van der Waals surface area contributed by atoms with Crippen molar-refractivity contribution in [3.8, 4) is 0 Å². The predicted molar refractivity (Wildman–Crippen MR) is 62.9 cm³/mol. The molecule has 0 radical (unpaired) electrons. The quantitative estimate of drug-likeness (QED) is 0.561. The van der Waals surface area contributed by atoms with Crippen molar-refractivity contribution in [3.05, 3.63) is 0 Å². The molecule has 0 spiro atoms. The van der Waals surface area contributed by atoms with E-state index in [9.17, 15) is 4.39 Å². The first-order valence-electron chi connectivity index (χ1n) is 2.36. The van der Waals surface area contributed by atoms with Crippen LogP contribution in [0.5, 0.6) is 0 Å². The lowest BCUT2D eigenvalue weighted by atomic mass is 11.7. The minimum Gasteiger partial charge on any atom is -1.00 e. The lowest BCUT2D eigenvalue weighted by molar-refractivity contribution is -0.00100. The minimum atomic E-state index is -2.10. The number of thioether (sulfide) groups is 2. The van der Waals surface area contributed by atoms with Gasteiger partial charge in [-0.3, -0.25) is 0 Å². The summed E-state index contributed by atoms with van der Waals surface area (Å²) in [6.45, 7) is 0. The molecule has 0 aliphatic carbocycles. The number of hydrogen-bond acceptors (Lipinski definition) is 2. The average molecular weight is 352 g/mol. The molecule has 0 heterocycles. The van der Waals surface area contributed by atoms with Gasteiger partial charge < -0.3 is 9.41 Å². The first-order valence-corrected chi connectivity index (χ1v) is 6.70. The summed E-state index contributed by atoms with van der Waals surface area (Å²) in [5, 5.41) is 0. The van der Waals surface area contributed by atoms with E-state index < -0.39 is 7.04 Å². The van der Waals surface area contributed by atoms with Crippen LogP contribution < -0.4 is 9.41 Å². The second kappa shape index (κ2) is 11.4. The average Bonchev–Trinajstić information content (AvgIpc) is 1.86. The van der Waals surface area contributed by atoms with E-state index in [1.807, 2.05) is 0 Å². The highest BCUT2D eigenvalue weighted by atomic mass is 35.6. The highest BCUT2D eigenvalue weighted by Gasteiger charge is 2.18. The van der Waals surface area contributed by atoms with Crippen LogP contribution in [0.2, 0.25) is 0 Å². The summed E-state index contributed by atoms with van der Waals surface area (Å²) in [6.07, 6.45) is 3.22. The van der Waals surface area contributed by atoms with E-state index in [2.05, 4.69) is 0 Å². The third kappa shape index (κ3) is 37.0. The van der Waals surface area contributed by atoms with Gasteiger partial charge in [0, 0.05) is 0 Å². The van der Waals surface area contributed by atoms with Gasteiger partial charge in [-0.15, -0.1) is 11.8 Å². The van der Waals surface area contributed by atoms with Crippen molar-refractivity contribution in [2.45, 2.75) is 7.04 Å². The molecular formula is C4H6Cl5F3S2-2. The van der Waals surface area contributed by atoms with E-state index in [4.69, 9.17) is 58.0 Å². The van der Waals surface area contributed by atoms with Crippen LogP contribution in [0.1, 0.15) is 0 Å². The van der Waals surface area contributed by atoms with E-state index in [-0.39, 0.29) is 9.41 Å². The Morgan fingerprint density at radius 2 is 1.00 bits per heavy atom. The molecule has 92 valence electrons. The summed E-state index contributed by atoms with van der Waals surface area (Å²) >= 11 is 27.1. The Bertz CT molecular complexity index is 101. The molecule has 0 amide bonds. The molecule has 0 fully saturated rings. The fourth-order valence-electron chi connectivity index (χ4n) is 0. The number of rotatable bonds is 1. The highest BCUT2D eigenvalue weighted by Crippen LogP contribution is 2.36. The van der Waals surface area contributed by atoms with Crippen molar-refractivity contribution in [3.63, 3.8) is 0 Å². The van der Waals surface area contributed by atoms with Gasteiger partial charge in [0.05, 0.1) is 0 Å². The molecule has 0 aromatic carbocycles. The Morgan fingerprint density at radius 3 is 1.00 bits per heavy atom. The molecule has 0 aliphatic heterocycles. The van der Waals surface area contributed by atoms with E-state index in [1.54, 1.807) is 6.26 Å². The van der Waals surface area contributed by atoms with Crippen molar-refractivity contribution in [1.29, 1.82) is 0 Å². The van der Waals surface area contributed by atoms with E-state index in [1.165, 1.54) is 18.0 Å². The first-order chi connectivity index (χ1) is 5.12. The number of hydrogen-bond donors (Lipinski definition) is 0. The highest BCUT2D eigenvalue weighted by molar-refractivity contribution is 8.04. The maximum absolute atomic E-state index is 11.6. The van der Waals surface area contributed by atoms with Crippen molar-refractivity contribution >= 4 is 81.5 Å². The van der Waals surface area contributed by atoms with E-state index in [0.717, 1.165) is 11.8 Å². The smallest absolute Gasteiger partial charge is 0.304 e. The lowest BCUT2D eigenvalue weighted by Crippen LogP contribution is -3.00. The van der Waals surface area contributed by atoms with Gasteiger partial charge in [-0.05, 0) is 12.5 Å². The van der Waals surface area contributed by atoms with Crippen LogP contribution in [0.15, 0.2) is 0 Å². The largest absolute Gasteiger partial charge is 1.00 e. The molecule has 0 N–H and O–H groups in total. The third-order valence-electron chi connectivity index (χ3n) is 0.463. The van der Waals surface area contributed by atoms with Gasteiger partial charge in [0.25, 0.3) is 0 Å². The third-order valence-corrected chi connectivity index (χ3v) is 3.70. The van der Waals surface area contributed by atoms with Gasteiger partial charge in [0.2, 0.25) is 3.12 Å². The molecule has 0 aromatic rings. The summed E-state index contributed by atoms with van der Waals surface area (Å²) in [5.74, 6) is 0. The molecule has 0 saturated heterocycles. The van der Waals surface area contributed by atoms with Gasteiger partial charge in [-0.2, -0.15) is 4.39 Å². The van der Waals surface area contributed by atoms with Crippen LogP contribution in [0.4, 0.5) is 4.39 Å². The fraction of sp³-hybridized carbons (Fsp3) is 1.00. The van der Waals surface area contributed by atoms with Crippen LogP contribution in [-0.2, 0) is 0 Å². The van der Waals surface area contributed by atoms with Crippen molar-refractivity contribution < 1.29 is 13.8 Å². The zero-order chi connectivity index (χ0) is 10.4. The van der Waals surface area contributed by atoms with Crippen LogP contribution in [0.25, 0.3) is 0 Å². The Hall–Kier alpha value is 1.94. The SMILES string of the molecule is CSC(Cl)(Cl)Cl.CSC(F)(Cl)Cl.[F-].[F-]. The van der Waals surface area contributed by atoms with Gasteiger partial charge in [0.15, 0.2) is 0 Å². The topological polar surface area (TPSA) is 0 Å². The van der Waals surface area contributed by atoms with Crippen LogP contribution in [0.3, 0.4) is 0 Å². The molecule has 0 unspecified atom stereocenters. The van der Waals surface area contributed by atoms with Crippen LogP contribution in [-0.4, -0.2) is 19.6 Å². The Kier molecular flexibility index (Phi) is 20.4. The maximum atomic E-state index is 11.6. The van der Waals surface area contributed by atoms with Crippen molar-refractivity contribution in [2.75, 3.05) is 12.5 Å². The molecule has 0 bridgehead atoms. The number of halogens is 8. The molecule has 0 aromatic heterocycles. The van der Waals surface area contributed by atoms with Crippen molar-refractivity contribution in [2.24, 2.45) is 0 Å². The fourth-order valence-corrected chi connectivity index (χ4v) is 0.